The summed E-state index contributed by atoms with van der Waals surface area (Å²) in [6.07, 6.45) is 5.33. The third-order valence-corrected chi connectivity index (χ3v) is 10.2. The van der Waals surface area contributed by atoms with Gasteiger partial charge in [-0.05, 0) is 80.3 Å². The molecule has 6 rings (SSSR count). The number of aromatic nitrogens is 2. The molecule has 0 spiro atoms. The lowest BCUT2D eigenvalue weighted by molar-refractivity contribution is -0.134. The van der Waals surface area contributed by atoms with Crippen LogP contribution in [0, 0.1) is 11.7 Å². The van der Waals surface area contributed by atoms with Crippen molar-refractivity contribution < 1.29 is 18.8 Å². The Morgan fingerprint density at radius 1 is 1.04 bits per heavy atom. The summed E-state index contributed by atoms with van der Waals surface area (Å²) >= 11 is 6.29. The molecule has 248 valence electrons. The molecule has 3 amide bonds. The first-order chi connectivity index (χ1) is 22.5. The van der Waals surface area contributed by atoms with Gasteiger partial charge in [-0.2, -0.15) is 5.10 Å². The van der Waals surface area contributed by atoms with Gasteiger partial charge in [-0.15, -0.1) is 0 Å². The predicted octanol–water partition coefficient (Wildman–Crippen LogP) is 4.09. The number of hydrogen-bond donors (Lipinski definition) is 2. The van der Waals surface area contributed by atoms with Crippen LogP contribution in [0.5, 0.6) is 0 Å². The minimum atomic E-state index is -0.641. The standard InChI is InChI=1S/C35H40ClFN6O4/c1-41-19-25(17-26(20-41)39-30-18-38-42(2)35(47)32(30)36)23-4-6-24(7-5-23)34(46)43-13-11-21(12-14-43)15-22-3-8-27(29(37)16-22)28-9-10-31(44)40-33(28)45/h3-8,16,18,21,25-26,28,39H,9-15,17,19-20H2,1-2H3,(H,40,44,45)/t25-,26+,28?/m0/s1. The number of carbonyl (C=O) groups excluding carboxylic acids is 3. The van der Waals surface area contributed by atoms with E-state index in [0.29, 0.717) is 48.7 Å². The zero-order valence-electron chi connectivity index (χ0n) is 26.7. The molecule has 3 aliphatic heterocycles. The van der Waals surface area contributed by atoms with Crippen molar-refractivity contribution in [1.82, 2.24) is 24.9 Å². The van der Waals surface area contributed by atoms with Gasteiger partial charge < -0.3 is 15.1 Å². The number of nitrogens with zero attached hydrogens (tertiary/aromatic N) is 4. The van der Waals surface area contributed by atoms with Gasteiger partial charge in [0.15, 0.2) is 0 Å². The van der Waals surface area contributed by atoms with E-state index in [1.807, 2.05) is 35.2 Å². The molecule has 2 aromatic carbocycles. The molecule has 3 aliphatic rings. The normalized spacial score (nSPS) is 22.6. The van der Waals surface area contributed by atoms with E-state index >= 15 is 0 Å². The fourth-order valence-corrected chi connectivity index (χ4v) is 7.45. The van der Waals surface area contributed by atoms with E-state index in [0.717, 1.165) is 43.5 Å². The highest BCUT2D eigenvalue weighted by Gasteiger charge is 2.31. The van der Waals surface area contributed by atoms with Crippen LogP contribution in [0.25, 0.3) is 0 Å². The van der Waals surface area contributed by atoms with Crippen molar-refractivity contribution in [2.24, 2.45) is 13.0 Å². The van der Waals surface area contributed by atoms with Crippen LogP contribution in [0.2, 0.25) is 5.02 Å². The van der Waals surface area contributed by atoms with Crippen molar-refractivity contribution in [3.05, 3.63) is 92.1 Å². The SMILES string of the molecule is CN1C[C@H](Nc2cnn(C)c(=O)c2Cl)C[C@H](c2ccc(C(=O)N3CCC(Cc4ccc(C5CCC(=O)NC5=O)c(F)c4)CC3)cc2)C1. The Morgan fingerprint density at radius 3 is 2.49 bits per heavy atom. The highest BCUT2D eigenvalue weighted by molar-refractivity contribution is 6.32. The molecule has 1 aromatic heterocycles. The van der Waals surface area contributed by atoms with Gasteiger partial charge in [0.1, 0.15) is 10.8 Å². The Kier molecular flexibility index (Phi) is 9.75. The second-order valence-electron chi connectivity index (χ2n) is 13.2. The number of imide groups is 1. The first kappa shape index (κ1) is 32.8. The largest absolute Gasteiger partial charge is 0.378 e. The molecule has 2 N–H and O–H groups in total. The first-order valence-electron chi connectivity index (χ1n) is 16.2. The molecule has 0 radical (unpaired) electrons. The maximum atomic E-state index is 15.0. The molecule has 3 atom stereocenters. The monoisotopic (exact) mass is 662 g/mol. The third kappa shape index (κ3) is 7.41. The van der Waals surface area contributed by atoms with Gasteiger partial charge in [-0.1, -0.05) is 35.9 Å². The lowest BCUT2D eigenvalue weighted by atomic mass is 9.86. The molecule has 3 saturated heterocycles. The maximum absolute atomic E-state index is 15.0. The molecule has 1 unspecified atom stereocenters. The van der Waals surface area contributed by atoms with Gasteiger partial charge in [0.2, 0.25) is 11.8 Å². The Balaban J connectivity index is 1.01. The number of halogens is 2. The molecule has 0 aliphatic carbocycles. The van der Waals surface area contributed by atoms with Crippen molar-refractivity contribution in [3.63, 3.8) is 0 Å². The summed E-state index contributed by atoms with van der Waals surface area (Å²) in [6, 6.07) is 13.0. The molecule has 10 nitrogen and oxygen atoms in total. The average Bonchev–Trinajstić information content (AvgIpc) is 3.05. The number of rotatable bonds is 7. The molecule has 0 bridgehead atoms. The number of hydrogen-bond acceptors (Lipinski definition) is 7. The van der Waals surface area contributed by atoms with E-state index in [1.54, 1.807) is 19.3 Å². The summed E-state index contributed by atoms with van der Waals surface area (Å²) in [5, 5.41) is 9.93. The van der Waals surface area contributed by atoms with Crippen LogP contribution in [0.3, 0.4) is 0 Å². The number of amides is 3. The zero-order valence-corrected chi connectivity index (χ0v) is 27.4. The number of nitrogens with one attached hydrogen (secondary N) is 2. The van der Waals surface area contributed by atoms with Crippen LogP contribution in [0.4, 0.5) is 10.1 Å². The van der Waals surface area contributed by atoms with Gasteiger partial charge in [0, 0.05) is 56.8 Å². The fourth-order valence-electron chi connectivity index (χ4n) is 7.22. The minimum Gasteiger partial charge on any atom is -0.378 e. The predicted molar refractivity (Wildman–Crippen MR) is 177 cm³/mol. The topological polar surface area (TPSA) is 117 Å². The highest BCUT2D eigenvalue weighted by Crippen LogP contribution is 2.31. The number of benzene rings is 2. The summed E-state index contributed by atoms with van der Waals surface area (Å²) in [4.78, 5) is 53.4. The Labute approximate surface area is 278 Å². The highest BCUT2D eigenvalue weighted by atomic mass is 35.5. The minimum absolute atomic E-state index is 0.0164. The van der Waals surface area contributed by atoms with Crippen LogP contribution in [0.15, 0.2) is 53.5 Å². The summed E-state index contributed by atoms with van der Waals surface area (Å²) in [5.41, 5.74) is 3.22. The second-order valence-corrected chi connectivity index (χ2v) is 13.6. The van der Waals surface area contributed by atoms with E-state index in [2.05, 4.69) is 27.7 Å². The molecule has 3 fully saturated rings. The zero-order chi connectivity index (χ0) is 33.2. The number of carbonyl (C=O) groups is 3. The van der Waals surface area contributed by atoms with Crippen LogP contribution >= 0.6 is 11.6 Å². The van der Waals surface area contributed by atoms with Gasteiger partial charge in [0.05, 0.1) is 17.8 Å². The Bertz CT molecular complexity index is 1720. The van der Waals surface area contributed by atoms with Crippen molar-refractivity contribution in [2.45, 2.75) is 56.4 Å². The molecule has 0 saturated carbocycles. The summed E-state index contributed by atoms with van der Waals surface area (Å²) in [5.74, 6) is -1.22. The Morgan fingerprint density at radius 2 is 1.79 bits per heavy atom. The lowest BCUT2D eigenvalue weighted by Crippen LogP contribution is -2.43. The average molecular weight is 663 g/mol. The third-order valence-electron chi connectivity index (χ3n) is 9.81. The van der Waals surface area contributed by atoms with Gasteiger partial charge in [-0.25, -0.2) is 9.07 Å². The lowest BCUT2D eigenvalue weighted by Gasteiger charge is -2.37. The van der Waals surface area contributed by atoms with Crippen molar-refractivity contribution >= 4 is 35.0 Å². The fraction of sp³-hybridized carbons (Fsp3) is 0.457. The van der Waals surface area contributed by atoms with E-state index in [9.17, 15) is 23.6 Å². The van der Waals surface area contributed by atoms with Crippen molar-refractivity contribution in [2.75, 3.05) is 38.5 Å². The van der Waals surface area contributed by atoms with Crippen LogP contribution < -0.4 is 16.2 Å². The smallest absolute Gasteiger partial charge is 0.287 e. The number of anilines is 1. The molecular formula is C35H40ClFN6O4. The van der Waals surface area contributed by atoms with Crippen LogP contribution in [0.1, 0.15) is 71.0 Å². The van der Waals surface area contributed by atoms with E-state index < -0.39 is 17.6 Å². The number of aryl methyl sites for hydroxylation is 1. The number of piperidine rings is 3. The van der Waals surface area contributed by atoms with Crippen LogP contribution in [-0.4, -0.2) is 76.6 Å². The van der Waals surface area contributed by atoms with Gasteiger partial charge in [0.25, 0.3) is 11.5 Å². The molecule has 12 heteroatoms. The van der Waals surface area contributed by atoms with E-state index in [1.165, 1.54) is 10.7 Å². The van der Waals surface area contributed by atoms with Gasteiger partial charge >= 0.3 is 0 Å². The van der Waals surface area contributed by atoms with Gasteiger partial charge in [-0.3, -0.25) is 24.5 Å². The molecule has 47 heavy (non-hydrogen) atoms. The van der Waals surface area contributed by atoms with Crippen molar-refractivity contribution in [1.29, 1.82) is 0 Å². The summed E-state index contributed by atoms with van der Waals surface area (Å²) in [6.45, 7) is 2.97. The van der Waals surface area contributed by atoms with E-state index in [4.69, 9.17) is 11.6 Å². The van der Waals surface area contributed by atoms with Crippen molar-refractivity contribution in [3.8, 4) is 0 Å². The second kappa shape index (κ2) is 13.9. The van der Waals surface area contributed by atoms with E-state index in [-0.39, 0.29) is 40.8 Å². The maximum Gasteiger partial charge on any atom is 0.287 e. The molecule has 4 heterocycles. The number of likely N-dealkylation sites (N-methyl/N-ethyl adjacent to an activating group) is 1. The number of likely N-dealkylation sites (tertiary alicyclic amines) is 2. The Hall–Kier alpha value is -4.09. The quantitative estimate of drug-likeness (QED) is 0.366. The summed E-state index contributed by atoms with van der Waals surface area (Å²) < 4.78 is 16.2. The van der Waals surface area contributed by atoms with Crippen LogP contribution in [-0.2, 0) is 23.1 Å². The molecule has 3 aromatic rings. The summed E-state index contributed by atoms with van der Waals surface area (Å²) in [7, 11) is 3.64. The molecular weight excluding hydrogens is 623 g/mol. The first-order valence-corrected chi connectivity index (χ1v) is 16.6.